The number of nitrogens with zero attached hydrogens (tertiary/aromatic N) is 1. The fraction of sp³-hybridized carbons (Fsp3) is 0.250. The zero-order valence-corrected chi connectivity index (χ0v) is 11.8. The lowest BCUT2D eigenvalue weighted by atomic mass is 10.2. The van der Waals surface area contributed by atoms with Gasteiger partial charge >= 0.3 is 16.3 Å². The monoisotopic (exact) mass is 313 g/mol. The average molecular weight is 313 g/mol. The van der Waals surface area contributed by atoms with Gasteiger partial charge in [-0.3, -0.25) is 4.72 Å². The molecule has 1 aromatic carbocycles. The molecule has 1 heterocycles. The summed E-state index contributed by atoms with van der Waals surface area (Å²) in [5.74, 6) is -0.422. The number of alkyl carbamates (subject to hydrolysis) is 1. The predicted octanol–water partition coefficient (Wildman–Crippen LogP) is 0.420. The molecule has 8 nitrogen and oxygen atoms in total. The van der Waals surface area contributed by atoms with Crippen molar-refractivity contribution < 1.29 is 23.1 Å². The third-order valence-corrected chi connectivity index (χ3v) is 4.05. The molecule has 1 aromatic rings. The number of amides is 1. The summed E-state index contributed by atoms with van der Waals surface area (Å²) in [6, 6.07) is 9.15. The van der Waals surface area contributed by atoms with Gasteiger partial charge in [0.2, 0.25) is 5.88 Å². The number of ether oxygens (including phenoxy) is 1. The molecule has 0 unspecified atom stereocenters. The van der Waals surface area contributed by atoms with Crippen LogP contribution in [0.1, 0.15) is 5.56 Å². The SMILES string of the molecule is O=C(NCCN1C(O)=CNS1(=O)=O)OCc1ccccc1. The molecule has 1 amide bonds. The van der Waals surface area contributed by atoms with E-state index < -0.39 is 22.2 Å². The summed E-state index contributed by atoms with van der Waals surface area (Å²) in [7, 11) is -3.74. The second kappa shape index (κ2) is 6.35. The van der Waals surface area contributed by atoms with Gasteiger partial charge in [-0.2, -0.15) is 8.42 Å². The summed E-state index contributed by atoms with van der Waals surface area (Å²) < 4.78 is 30.6. The third kappa shape index (κ3) is 4.02. The molecular formula is C12H15N3O5S. The van der Waals surface area contributed by atoms with Crippen molar-refractivity contribution in [2.24, 2.45) is 0 Å². The molecule has 0 saturated heterocycles. The van der Waals surface area contributed by atoms with Crippen molar-refractivity contribution in [2.75, 3.05) is 13.1 Å². The van der Waals surface area contributed by atoms with Crippen LogP contribution < -0.4 is 10.0 Å². The van der Waals surface area contributed by atoms with Crippen LogP contribution >= 0.6 is 0 Å². The number of rotatable bonds is 5. The fourth-order valence-corrected chi connectivity index (χ4v) is 2.67. The average Bonchev–Trinajstić information content (AvgIpc) is 2.73. The minimum absolute atomic E-state index is 0.00638. The van der Waals surface area contributed by atoms with Gasteiger partial charge in [0, 0.05) is 6.54 Å². The van der Waals surface area contributed by atoms with Gasteiger partial charge in [0.1, 0.15) is 6.61 Å². The zero-order chi connectivity index (χ0) is 15.3. The highest BCUT2D eigenvalue weighted by atomic mass is 32.2. The first-order chi connectivity index (χ1) is 9.99. The van der Waals surface area contributed by atoms with Crippen LogP contribution in [0.25, 0.3) is 0 Å². The molecule has 1 aliphatic heterocycles. The van der Waals surface area contributed by atoms with E-state index in [2.05, 4.69) is 5.32 Å². The summed E-state index contributed by atoms with van der Waals surface area (Å²) in [5.41, 5.74) is 0.847. The Morgan fingerprint density at radius 3 is 2.67 bits per heavy atom. The van der Waals surface area contributed by atoms with Crippen molar-refractivity contribution in [1.82, 2.24) is 14.3 Å². The molecule has 21 heavy (non-hydrogen) atoms. The van der Waals surface area contributed by atoms with Crippen LogP contribution in [0.2, 0.25) is 0 Å². The van der Waals surface area contributed by atoms with E-state index in [1.807, 2.05) is 35.1 Å². The largest absolute Gasteiger partial charge is 0.493 e. The molecular weight excluding hydrogens is 298 g/mol. The Bertz CT molecular complexity index is 630. The van der Waals surface area contributed by atoms with Gasteiger partial charge < -0.3 is 15.2 Å². The minimum Gasteiger partial charge on any atom is -0.493 e. The Balaban J connectivity index is 1.71. The van der Waals surface area contributed by atoms with Crippen molar-refractivity contribution in [2.45, 2.75) is 6.61 Å². The number of hydrogen-bond donors (Lipinski definition) is 3. The maximum absolute atomic E-state index is 11.4. The minimum atomic E-state index is -3.74. The maximum Gasteiger partial charge on any atom is 0.407 e. The Kier molecular flexibility index (Phi) is 4.53. The molecule has 2 rings (SSSR count). The fourth-order valence-electron chi connectivity index (χ4n) is 1.65. The standard InChI is InChI=1S/C12H15N3O5S/c16-11-8-14-21(18,19)15(11)7-6-13-12(17)20-9-10-4-2-1-3-5-10/h1-5,8,14,16H,6-7,9H2,(H,13,17). The molecule has 0 spiro atoms. The van der Waals surface area contributed by atoms with Crippen LogP contribution in [0.4, 0.5) is 4.79 Å². The van der Waals surface area contributed by atoms with Gasteiger partial charge in [-0.25, -0.2) is 9.10 Å². The summed E-state index contributed by atoms with van der Waals surface area (Å²) in [6.45, 7) is 0.0337. The van der Waals surface area contributed by atoms with Crippen LogP contribution in [0.5, 0.6) is 0 Å². The van der Waals surface area contributed by atoms with Gasteiger partial charge in [-0.15, -0.1) is 0 Å². The van der Waals surface area contributed by atoms with E-state index in [1.54, 1.807) is 0 Å². The van der Waals surface area contributed by atoms with E-state index in [-0.39, 0.29) is 19.7 Å². The summed E-state index contributed by atoms with van der Waals surface area (Å²) in [5, 5.41) is 11.7. The van der Waals surface area contributed by atoms with E-state index in [9.17, 15) is 18.3 Å². The highest BCUT2D eigenvalue weighted by Crippen LogP contribution is 2.11. The highest BCUT2D eigenvalue weighted by Gasteiger charge is 2.28. The normalized spacial score (nSPS) is 16.0. The second-order valence-electron chi connectivity index (χ2n) is 4.19. The highest BCUT2D eigenvalue weighted by molar-refractivity contribution is 7.87. The molecule has 0 fully saturated rings. The van der Waals surface area contributed by atoms with Gasteiger partial charge in [0.15, 0.2) is 0 Å². The van der Waals surface area contributed by atoms with E-state index in [0.717, 1.165) is 16.1 Å². The summed E-state index contributed by atoms with van der Waals surface area (Å²) in [4.78, 5) is 11.4. The second-order valence-corrected chi connectivity index (χ2v) is 5.81. The molecule has 9 heteroatoms. The molecule has 0 aromatic heterocycles. The Morgan fingerprint density at radius 1 is 1.33 bits per heavy atom. The smallest absolute Gasteiger partial charge is 0.407 e. The Labute approximate surface area is 122 Å². The molecule has 114 valence electrons. The number of aliphatic hydroxyl groups excluding tert-OH is 1. The molecule has 0 saturated carbocycles. The Morgan fingerprint density at radius 2 is 2.05 bits per heavy atom. The summed E-state index contributed by atoms with van der Waals surface area (Å²) in [6.07, 6.45) is 0.301. The van der Waals surface area contributed by atoms with Crippen LogP contribution in [0.3, 0.4) is 0 Å². The third-order valence-electron chi connectivity index (χ3n) is 2.68. The van der Waals surface area contributed by atoms with Gasteiger partial charge in [0.05, 0.1) is 12.7 Å². The number of nitrogens with one attached hydrogen (secondary N) is 2. The first-order valence-corrected chi connectivity index (χ1v) is 7.57. The zero-order valence-electron chi connectivity index (χ0n) is 11.0. The molecule has 3 N–H and O–H groups in total. The maximum atomic E-state index is 11.4. The quantitative estimate of drug-likeness (QED) is 0.730. The first kappa shape index (κ1) is 15.0. The number of benzene rings is 1. The molecule has 0 radical (unpaired) electrons. The van der Waals surface area contributed by atoms with E-state index in [4.69, 9.17) is 4.74 Å². The molecule has 0 bridgehead atoms. The lowest BCUT2D eigenvalue weighted by Gasteiger charge is -2.16. The Hall–Kier alpha value is -2.42. The van der Waals surface area contributed by atoms with E-state index >= 15 is 0 Å². The molecule has 0 aliphatic carbocycles. The van der Waals surface area contributed by atoms with Crippen LogP contribution in [-0.4, -0.2) is 37.0 Å². The number of aliphatic hydroxyl groups is 1. The number of carbonyl (C=O) groups excluding carboxylic acids is 1. The van der Waals surface area contributed by atoms with Crippen molar-refractivity contribution >= 4 is 16.3 Å². The van der Waals surface area contributed by atoms with Crippen molar-refractivity contribution in [1.29, 1.82) is 0 Å². The van der Waals surface area contributed by atoms with Crippen molar-refractivity contribution in [3.8, 4) is 0 Å². The van der Waals surface area contributed by atoms with Crippen molar-refractivity contribution in [3.63, 3.8) is 0 Å². The van der Waals surface area contributed by atoms with Crippen LogP contribution in [0.15, 0.2) is 42.4 Å². The van der Waals surface area contributed by atoms with Gasteiger partial charge in [-0.05, 0) is 5.56 Å². The lowest BCUT2D eigenvalue weighted by Crippen LogP contribution is -2.38. The number of hydrogen-bond acceptors (Lipinski definition) is 5. The predicted molar refractivity (Wildman–Crippen MR) is 74.1 cm³/mol. The van der Waals surface area contributed by atoms with Gasteiger partial charge in [0.25, 0.3) is 0 Å². The topological polar surface area (TPSA) is 108 Å². The molecule has 0 atom stereocenters. The first-order valence-electron chi connectivity index (χ1n) is 6.13. The lowest BCUT2D eigenvalue weighted by molar-refractivity contribution is 0.139. The van der Waals surface area contributed by atoms with Crippen LogP contribution in [0, 0.1) is 0 Å². The van der Waals surface area contributed by atoms with Crippen molar-refractivity contribution in [3.05, 3.63) is 48.0 Å². The molecule has 1 aliphatic rings. The van der Waals surface area contributed by atoms with E-state index in [1.165, 1.54) is 0 Å². The van der Waals surface area contributed by atoms with E-state index in [0.29, 0.717) is 0 Å². The van der Waals surface area contributed by atoms with Gasteiger partial charge in [-0.1, -0.05) is 30.3 Å². The summed E-state index contributed by atoms with van der Waals surface area (Å²) >= 11 is 0. The van der Waals surface area contributed by atoms with Crippen LogP contribution in [-0.2, 0) is 21.6 Å². The number of carbonyl (C=O) groups is 1.